The highest BCUT2D eigenvalue weighted by Gasteiger charge is 2.06. The molecule has 0 saturated heterocycles. The first kappa shape index (κ1) is 7.74. The van der Waals surface area contributed by atoms with Crippen LogP contribution in [0.5, 0.6) is 0 Å². The molecule has 0 unspecified atom stereocenters. The topological polar surface area (TPSA) is 17.8 Å². The summed E-state index contributed by atoms with van der Waals surface area (Å²) in [5.74, 6) is 0. The smallest absolute Gasteiger partial charge is 0.0951 e. The fourth-order valence-electron chi connectivity index (χ4n) is 1.18. The monoisotopic (exact) mass is 156 g/mol. The van der Waals surface area contributed by atoms with Crippen molar-refractivity contribution in [2.45, 2.75) is 6.92 Å². The Morgan fingerprint density at radius 1 is 1.50 bits per heavy atom. The summed E-state index contributed by atoms with van der Waals surface area (Å²) in [5.41, 5.74) is 2.58. The molecule has 56 valence electrons. The molecule has 0 aromatic carbocycles. The lowest BCUT2D eigenvalue weighted by Crippen LogP contribution is -2.12. The van der Waals surface area contributed by atoms with E-state index in [1.165, 1.54) is 11.1 Å². The number of nitrogens with zero attached hydrogens (tertiary/aromatic N) is 2. The Hall–Kier alpha value is -0.360. The molecule has 2 nitrogen and oxygen atoms in total. The highest BCUT2D eigenvalue weighted by Crippen LogP contribution is 2.23. The van der Waals surface area contributed by atoms with Gasteiger partial charge in [0.15, 0.2) is 0 Å². The Morgan fingerprint density at radius 2 is 2.10 bits per heavy atom. The number of aryl methyl sites for hydroxylation is 2. The Morgan fingerprint density at radius 3 is 2.30 bits per heavy atom. The second kappa shape index (κ2) is 2.71. The first-order valence-corrected chi connectivity index (χ1v) is 5.51. The standard InChI is InChI=1S/C7H13N2P/c1-6-7(10(3)4)9(2)5-8-6/h5H,1-4H3. The molecule has 0 amide bonds. The molecule has 0 radical (unpaired) electrons. The summed E-state index contributed by atoms with van der Waals surface area (Å²) in [7, 11) is 2.05. The Labute approximate surface area is 63.0 Å². The predicted octanol–water partition coefficient (Wildman–Crippen LogP) is 1.10. The number of hydrogen-bond donors (Lipinski definition) is 0. The number of imidazole rings is 1. The zero-order valence-electron chi connectivity index (χ0n) is 6.92. The molecule has 0 spiro atoms. The van der Waals surface area contributed by atoms with E-state index in [4.69, 9.17) is 0 Å². The summed E-state index contributed by atoms with van der Waals surface area (Å²) in [6, 6.07) is 0. The average molecular weight is 156 g/mol. The fraction of sp³-hybridized carbons (Fsp3) is 0.571. The Kier molecular flexibility index (Phi) is 2.10. The fourth-order valence-corrected chi connectivity index (χ4v) is 2.57. The van der Waals surface area contributed by atoms with Gasteiger partial charge in [-0.05, 0) is 20.3 Å². The zero-order valence-corrected chi connectivity index (χ0v) is 7.81. The van der Waals surface area contributed by atoms with Gasteiger partial charge in [0.25, 0.3) is 0 Å². The minimum absolute atomic E-state index is 0.000257. The van der Waals surface area contributed by atoms with Gasteiger partial charge in [0.1, 0.15) is 0 Å². The van der Waals surface area contributed by atoms with E-state index in [9.17, 15) is 0 Å². The molecule has 1 aromatic heterocycles. The maximum absolute atomic E-state index is 4.22. The van der Waals surface area contributed by atoms with Crippen molar-refractivity contribution < 1.29 is 0 Å². The van der Waals surface area contributed by atoms with Gasteiger partial charge < -0.3 is 4.57 Å². The molecule has 3 heteroatoms. The van der Waals surface area contributed by atoms with Gasteiger partial charge in [0, 0.05) is 7.05 Å². The van der Waals surface area contributed by atoms with Gasteiger partial charge in [0.2, 0.25) is 0 Å². The molecule has 1 heterocycles. The normalized spacial score (nSPS) is 10.9. The van der Waals surface area contributed by atoms with Gasteiger partial charge in [-0.2, -0.15) is 0 Å². The van der Waals surface area contributed by atoms with Crippen LogP contribution < -0.4 is 5.44 Å². The number of hydrogen-bond acceptors (Lipinski definition) is 1. The molecule has 0 fully saturated rings. The van der Waals surface area contributed by atoms with Crippen LogP contribution in [0.4, 0.5) is 0 Å². The van der Waals surface area contributed by atoms with Crippen LogP contribution in [0.1, 0.15) is 5.69 Å². The summed E-state index contributed by atoms with van der Waals surface area (Å²) >= 11 is 0. The van der Waals surface area contributed by atoms with E-state index in [1.807, 2.05) is 6.33 Å². The van der Waals surface area contributed by atoms with E-state index in [0.717, 1.165) is 0 Å². The molecule has 1 rings (SSSR count). The highest BCUT2D eigenvalue weighted by atomic mass is 31.1. The van der Waals surface area contributed by atoms with Crippen LogP contribution in [0.2, 0.25) is 0 Å². The molecule has 10 heavy (non-hydrogen) atoms. The molecule has 1 aromatic rings. The molecule has 0 bridgehead atoms. The first-order valence-electron chi connectivity index (χ1n) is 3.28. The maximum Gasteiger partial charge on any atom is 0.0951 e. The van der Waals surface area contributed by atoms with Crippen molar-refractivity contribution in [2.24, 2.45) is 7.05 Å². The van der Waals surface area contributed by atoms with Crippen molar-refractivity contribution in [1.82, 2.24) is 9.55 Å². The third-order valence-corrected chi connectivity index (χ3v) is 2.99. The van der Waals surface area contributed by atoms with Gasteiger partial charge in [-0.15, -0.1) is 0 Å². The molecular weight excluding hydrogens is 143 g/mol. The van der Waals surface area contributed by atoms with E-state index in [-0.39, 0.29) is 7.92 Å². The molecule has 0 aliphatic rings. The van der Waals surface area contributed by atoms with E-state index >= 15 is 0 Å². The molecular formula is C7H13N2P. The van der Waals surface area contributed by atoms with Gasteiger partial charge >= 0.3 is 0 Å². The first-order chi connectivity index (χ1) is 4.63. The molecule has 0 N–H and O–H groups in total. The summed E-state index contributed by atoms with van der Waals surface area (Å²) < 4.78 is 2.11. The van der Waals surface area contributed by atoms with E-state index < -0.39 is 0 Å². The number of rotatable bonds is 1. The molecule has 0 aliphatic carbocycles. The lowest BCUT2D eigenvalue weighted by molar-refractivity contribution is 0.940. The van der Waals surface area contributed by atoms with E-state index in [2.05, 4.69) is 36.9 Å². The predicted molar refractivity (Wildman–Crippen MR) is 46.3 cm³/mol. The van der Waals surface area contributed by atoms with Crippen LogP contribution in [0.15, 0.2) is 6.33 Å². The van der Waals surface area contributed by atoms with Crippen LogP contribution in [-0.4, -0.2) is 22.9 Å². The van der Waals surface area contributed by atoms with Crippen molar-refractivity contribution in [1.29, 1.82) is 0 Å². The van der Waals surface area contributed by atoms with Crippen LogP contribution in [0.25, 0.3) is 0 Å². The third-order valence-electron chi connectivity index (χ3n) is 1.51. The SMILES string of the molecule is Cc1ncn(C)c1P(C)C. The lowest BCUT2D eigenvalue weighted by Gasteiger charge is -2.06. The lowest BCUT2D eigenvalue weighted by atomic mass is 10.6. The molecule has 0 aliphatic heterocycles. The second-order valence-corrected chi connectivity index (χ2v) is 4.87. The van der Waals surface area contributed by atoms with Crippen LogP contribution in [0, 0.1) is 6.92 Å². The summed E-state index contributed by atoms with van der Waals surface area (Å²) in [5, 5.41) is 0. The molecule has 0 atom stereocenters. The third kappa shape index (κ3) is 1.22. The Bertz CT molecular complexity index is 208. The van der Waals surface area contributed by atoms with Gasteiger partial charge in [-0.25, -0.2) is 4.98 Å². The summed E-state index contributed by atoms with van der Waals surface area (Å²) in [4.78, 5) is 4.22. The largest absolute Gasteiger partial charge is 0.334 e. The van der Waals surface area contributed by atoms with Crippen LogP contribution in [-0.2, 0) is 7.05 Å². The van der Waals surface area contributed by atoms with Crippen molar-refractivity contribution in [3.8, 4) is 0 Å². The van der Waals surface area contributed by atoms with Gasteiger partial charge in [-0.3, -0.25) is 0 Å². The highest BCUT2D eigenvalue weighted by molar-refractivity contribution is 7.63. The summed E-state index contributed by atoms with van der Waals surface area (Å²) in [6.45, 7) is 6.57. The molecule has 0 saturated carbocycles. The minimum atomic E-state index is 0.000257. The van der Waals surface area contributed by atoms with Crippen LogP contribution >= 0.6 is 7.92 Å². The van der Waals surface area contributed by atoms with Gasteiger partial charge in [-0.1, -0.05) is 7.92 Å². The van der Waals surface area contributed by atoms with Gasteiger partial charge in [0.05, 0.1) is 17.5 Å². The average Bonchev–Trinajstić information content (AvgIpc) is 2.11. The van der Waals surface area contributed by atoms with Crippen molar-refractivity contribution in [2.75, 3.05) is 13.3 Å². The van der Waals surface area contributed by atoms with Crippen molar-refractivity contribution in [3.05, 3.63) is 12.0 Å². The number of aromatic nitrogens is 2. The second-order valence-electron chi connectivity index (χ2n) is 2.66. The van der Waals surface area contributed by atoms with Crippen molar-refractivity contribution in [3.63, 3.8) is 0 Å². The Balaban J connectivity index is 3.10. The van der Waals surface area contributed by atoms with Crippen LogP contribution in [0.3, 0.4) is 0 Å². The summed E-state index contributed by atoms with van der Waals surface area (Å²) in [6.07, 6.45) is 1.88. The minimum Gasteiger partial charge on any atom is -0.334 e. The van der Waals surface area contributed by atoms with Crippen molar-refractivity contribution >= 4 is 13.4 Å². The van der Waals surface area contributed by atoms with E-state index in [1.54, 1.807) is 0 Å². The zero-order chi connectivity index (χ0) is 7.72. The van der Waals surface area contributed by atoms with E-state index in [0.29, 0.717) is 0 Å². The quantitative estimate of drug-likeness (QED) is 0.556. The maximum atomic E-state index is 4.22.